The van der Waals surface area contributed by atoms with Crippen molar-refractivity contribution in [1.82, 2.24) is 9.88 Å². The number of hydrogen-bond acceptors (Lipinski definition) is 4. The number of aromatic amines is 1. The van der Waals surface area contributed by atoms with Crippen LogP contribution in [0.1, 0.15) is 11.1 Å². The molecule has 34 heavy (non-hydrogen) atoms. The lowest BCUT2D eigenvalue weighted by Gasteiger charge is -2.26. The summed E-state index contributed by atoms with van der Waals surface area (Å²) < 4.78 is 23.9. The maximum atomic E-state index is 13.4. The lowest BCUT2D eigenvalue weighted by molar-refractivity contribution is 0.410. The first-order chi connectivity index (χ1) is 16.4. The van der Waals surface area contributed by atoms with E-state index in [0.29, 0.717) is 28.5 Å². The average Bonchev–Trinajstić information content (AvgIpc) is 2.85. The summed E-state index contributed by atoms with van der Waals surface area (Å²) in [6.45, 7) is 0.652. The monoisotopic (exact) mass is 477 g/mol. The van der Waals surface area contributed by atoms with Gasteiger partial charge in [0.05, 0.1) is 26.3 Å². The molecule has 2 N–H and O–H groups in total. The van der Waals surface area contributed by atoms with Crippen molar-refractivity contribution in [3.63, 3.8) is 0 Å². The van der Waals surface area contributed by atoms with E-state index in [1.54, 1.807) is 32.4 Å². The van der Waals surface area contributed by atoms with Crippen LogP contribution in [0.25, 0.3) is 10.9 Å². The number of rotatable bonds is 7. The van der Waals surface area contributed by atoms with Gasteiger partial charge in [-0.05, 0) is 77.8 Å². The van der Waals surface area contributed by atoms with Gasteiger partial charge in [-0.2, -0.15) is 0 Å². The van der Waals surface area contributed by atoms with Crippen LogP contribution in [-0.2, 0) is 13.1 Å². The number of aromatic nitrogens is 1. The topological polar surface area (TPSA) is 66.6 Å². The van der Waals surface area contributed by atoms with Gasteiger partial charge in [-0.1, -0.05) is 12.1 Å². The summed E-state index contributed by atoms with van der Waals surface area (Å²) >= 11 is 5.70. The molecule has 0 atom stereocenters. The molecule has 1 heterocycles. The molecule has 6 nitrogen and oxygen atoms in total. The van der Waals surface area contributed by atoms with E-state index < -0.39 is 0 Å². The van der Waals surface area contributed by atoms with Crippen molar-refractivity contribution in [2.24, 2.45) is 0 Å². The molecular formula is C26H24FN3O3S. The van der Waals surface area contributed by atoms with E-state index in [1.165, 1.54) is 12.1 Å². The number of benzene rings is 3. The van der Waals surface area contributed by atoms with Gasteiger partial charge < -0.3 is 24.7 Å². The van der Waals surface area contributed by atoms with E-state index >= 15 is 0 Å². The maximum Gasteiger partial charge on any atom is 0.253 e. The Morgan fingerprint density at radius 3 is 2.29 bits per heavy atom. The SMILES string of the molecule is COc1ccc(NC(=S)N(Cc2ccc(F)cc2)Cc2cc3ccc(OC)cc3[nH]c2=O)cc1. The summed E-state index contributed by atoms with van der Waals surface area (Å²) in [4.78, 5) is 17.7. The van der Waals surface area contributed by atoms with Crippen LogP contribution in [0.15, 0.2) is 77.6 Å². The van der Waals surface area contributed by atoms with E-state index in [9.17, 15) is 9.18 Å². The van der Waals surface area contributed by atoms with E-state index in [-0.39, 0.29) is 17.9 Å². The Balaban J connectivity index is 1.62. The van der Waals surface area contributed by atoms with Crippen LogP contribution < -0.4 is 20.3 Å². The molecule has 1 aromatic heterocycles. The van der Waals surface area contributed by atoms with Crippen molar-refractivity contribution in [3.05, 3.63) is 100 Å². The Labute approximate surface area is 201 Å². The van der Waals surface area contributed by atoms with Crippen molar-refractivity contribution in [2.45, 2.75) is 13.1 Å². The van der Waals surface area contributed by atoms with Crippen molar-refractivity contribution in [1.29, 1.82) is 0 Å². The largest absolute Gasteiger partial charge is 0.497 e. The Morgan fingerprint density at radius 2 is 1.62 bits per heavy atom. The lowest BCUT2D eigenvalue weighted by atomic mass is 10.1. The van der Waals surface area contributed by atoms with Crippen LogP contribution in [0, 0.1) is 5.82 Å². The summed E-state index contributed by atoms with van der Waals surface area (Å²) in [6, 6.07) is 21.0. The number of thiocarbonyl (C=S) groups is 1. The number of pyridine rings is 1. The first-order valence-corrected chi connectivity index (χ1v) is 11.0. The summed E-state index contributed by atoms with van der Waals surface area (Å²) in [5, 5.41) is 4.53. The van der Waals surface area contributed by atoms with E-state index in [2.05, 4.69) is 10.3 Å². The van der Waals surface area contributed by atoms with Crippen molar-refractivity contribution >= 4 is 33.9 Å². The first-order valence-electron chi connectivity index (χ1n) is 10.6. The van der Waals surface area contributed by atoms with Gasteiger partial charge in [-0.15, -0.1) is 0 Å². The second-order valence-corrected chi connectivity index (χ2v) is 8.10. The quantitative estimate of drug-likeness (QED) is 0.362. The Bertz CT molecular complexity index is 1350. The third-order valence-electron chi connectivity index (χ3n) is 5.41. The highest BCUT2D eigenvalue weighted by Crippen LogP contribution is 2.20. The fourth-order valence-corrected chi connectivity index (χ4v) is 3.81. The second-order valence-electron chi connectivity index (χ2n) is 7.72. The minimum atomic E-state index is -0.310. The van der Waals surface area contributed by atoms with Crippen LogP contribution in [0.3, 0.4) is 0 Å². The number of nitrogens with one attached hydrogen (secondary N) is 2. The number of nitrogens with zero attached hydrogens (tertiary/aromatic N) is 1. The Kier molecular flexibility index (Phi) is 7.08. The smallest absolute Gasteiger partial charge is 0.253 e. The van der Waals surface area contributed by atoms with Crippen LogP contribution in [-0.4, -0.2) is 29.2 Å². The molecule has 0 amide bonds. The highest BCUT2D eigenvalue weighted by Gasteiger charge is 2.15. The van der Waals surface area contributed by atoms with Gasteiger partial charge in [0.1, 0.15) is 17.3 Å². The van der Waals surface area contributed by atoms with Crippen LogP contribution in [0.2, 0.25) is 0 Å². The molecule has 174 valence electrons. The fourth-order valence-electron chi connectivity index (χ4n) is 3.56. The Hall–Kier alpha value is -3.91. The summed E-state index contributed by atoms with van der Waals surface area (Å²) in [7, 11) is 3.19. The molecule has 0 unspecified atom stereocenters. The number of hydrogen-bond donors (Lipinski definition) is 2. The molecular weight excluding hydrogens is 453 g/mol. The molecule has 0 aliphatic rings. The number of methoxy groups -OCH3 is 2. The predicted octanol–water partition coefficient (Wildman–Crippen LogP) is 5.08. The average molecular weight is 478 g/mol. The minimum absolute atomic E-state index is 0.211. The summed E-state index contributed by atoms with van der Waals surface area (Å²) in [5.74, 6) is 1.09. The third-order valence-corrected chi connectivity index (χ3v) is 5.77. The predicted molar refractivity (Wildman–Crippen MR) is 136 cm³/mol. The second kappa shape index (κ2) is 10.4. The zero-order valence-electron chi connectivity index (χ0n) is 18.8. The zero-order chi connectivity index (χ0) is 24.1. The van der Waals surface area contributed by atoms with Gasteiger partial charge in [0.25, 0.3) is 5.56 Å². The third kappa shape index (κ3) is 5.52. The van der Waals surface area contributed by atoms with Crippen LogP contribution >= 0.6 is 12.2 Å². The molecule has 0 aliphatic heterocycles. The van der Waals surface area contributed by atoms with Gasteiger partial charge >= 0.3 is 0 Å². The molecule has 3 aromatic carbocycles. The molecule has 0 radical (unpaired) electrons. The maximum absolute atomic E-state index is 13.4. The minimum Gasteiger partial charge on any atom is -0.497 e. The molecule has 4 rings (SSSR count). The summed E-state index contributed by atoms with van der Waals surface area (Å²) in [5.41, 5.74) is 2.68. The van der Waals surface area contributed by atoms with Gasteiger partial charge in [0.2, 0.25) is 0 Å². The zero-order valence-corrected chi connectivity index (χ0v) is 19.6. The Morgan fingerprint density at radius 1 is 0.941 bits per heavy atom. The molecule has 4 aromatic rings. The fraction of sp³-hybridized carbons (Fsp3) is 0.154. The standard InChI is InChI=1S/C26H24FN3O3S/c1-32-22-11-8-21(9-12-22)28-26(34)30(15-17-3-6-20(27)7-4-17)16-19-13-18-5-10-23(33-2)14-24(18)29-25(19)31/h3-14H,15-16H2,1-2H3,(H,28,34)(H,29,31). The molecule has 0 saturated carbocycles. The van der Waals surface area contributed by atoms with Gasteiger partial charge in [-0.3, -0.25) is 4.79 Å². The van der Waals surface area contributed by atoms with E-state index in [4.69, 9.17) is 21.7 Å². The van der Waals surface area contributed by atoms with Crippen molar-refractivity contribution < 1.29 is 13.9 Å². The molecule has 0 spiro atoms. The highest BCUT2D eigenvalue weighted by atomic mass is 32.1. The number of anilines is 1. The van der Waals surface area contributed by atoms with Gasteiger partial charge in [-0.25, -0.2) is 4.39 Å². The molecule has 0 saturated heterocycles. The normalized spacial score (nSPS) is 10.7. The van der Waals surface area contributed by atoms with Crippen LogP contribution in [0.4, 0.5) is 10.1 Å². The van der Waals surface area contributed by atoms with E-state index in [1.807, 2.05) is 47.4 Å². The van der Waals surface area contributed by atoms with Gasteiger partial charge in [0, 0.05) is 23.9 Å². The number of H-pyrrole nitrogens is 1. The molecule has 0 aliphatic carbocycles. The van der Waals surface area contributed by atoms with Crippen LogP contribution in [0.5, 0.6) is 11.5 Å². The van der Waals surface area contributed by atoms with Crippen molar-refractivity contribution in [3.8, 4) is 11.5 Å². The molecule has 8 heteroatoms. The first kappa shape index (κ1) is 23.3. The van der Waals surface area contributed by atoms with E-state index in [0.717, 1.165) is 22.4 Å². The lowest BCUT2D eigenvalue weighted by Crippen LogP contribution is -2.35. The van der Waals surface area contributed by atoms with Crippen molar-refractivity contribution in [2.75, 3.05) is 19.5 Å². The van der Waals surface area contributed by atoms with Gasteiger partial charge in [0.15, 0.2) is 5.11 Å². The number of fused-ring (bicyclic) bond motifs is 1. The highest BCUT2D eigenvalue weighted by molar-refractivity contribution is 7.80. The number of ether oxygens (including phenoxy) is 2. The molecule has 0 bridgehead atoms. The summed E-state index contributed by atoms with van der Waals surface area (Å²) in [6.07, 6.45) is 0. The number of halogens is 1. The molecule has 0 fully saturated rings.